The third kappa shape index (κ3) is 3.70. The highest BCUT2D eigenvalue weighted by Gasteiger charge is 2.51. The monoisotopic (exact) mass is 401 g/mol. The van der Waals surface area contributed by atoms with E-state index < -0.39 is 41.6 Å². The Bertz CT molecular complexity index is 967. The van der Waals surface area contributed by atoms with E-state index in [4.69, 9.17) is 0 Å². The van der Waals surface area contributed by atoms with Gasteiger partial charge in [0.15, 0.2) is 0 Å². The number of carbonyl (C=O) groups is 3. The minimum atomic E-state index is -1.80. The first-order valence-electron chi connectivity index (χ1n) is 9.05. The highest BCUT2D eigenvalue weighted by molar-refractivity contribution is 6.09. The molecule has 0 saturated carbocycles. The molecular weight excluding hydrogens is 380 g/mol. The van der Waals surface area contributed by atoms with Crippen molar-refractivity contribution in [2.75, 3.05) is 13.6 Å². The molecule has 1 aliphatic rings. The van der Waals surface area contributed by atoms with Gasteiger partial charge in [-0.2, -0.15) is 0 Å². The lowest BCUT2D eigenvalue weighted by Crippen LogP contribution is -2.44. The molecule has 2 aromatic carbocycles. The first-order valence-corrected chi connectivity index (χ1v) is 9.05. The number of hydrogen-bond donors (Lipinski definition) is 1. The third-order valence-corrected chi connectivity index (χ3v) is 5.29. The number of rotatable bonds is 5. The second kappa shape index (κ2) is 7.62. The lowest BCUT2D eigenvalue weighted by atomic mass is 9.91. The van der Waals surface area contributed by atoms with Gasteiger partial charge in [0.1, 0.15) is 23.7 Å². The molecule has 0 unspecified atom stereocenters. The number of halogens is 2. The van der Waals surface area contributed by atoms with E-state index in [9.17, 15) is 23.2 Å². The van der Waals surface area contributed by atoms with Crippen molar-refractivity contribution in [1.82, 2.24) is 15.1 Å². The average molecular weight is 401 g/mol. The Balaban J connectivity index is 1.80. The van der Waals surface area contributed by atoms with Gasteiger partial charge in [0, 0.05) is 12.6 Å². The molecule has 0 radical (unpaired) electrons. The Morgan fingerprint density at radius 1 is 1.17 bits per heavy atom. The Morgan fingerprint density at radius 2 is 1.83 bits per heavy atom. The smallest absolute Gasteiger partial charge is 0.325 e. The summed E-state index contributed by atoms with van der Waals surface area (Å²) >= 11 is 0. The molecule has 0 aliphatic carbocycles. The predicted octanol–water partition coefficient (Wildman–Crippen LogP) is 2.95. The maximum Gasteiger partial charge on any atom is 0.325 e. The van der Waals surface area contributed by atoms with Gasteiger partial charge in [0.2, 0.25) is 5.91 Å². The molecule has 1 N–H and O–H groups in total. The maximum atomic E-state index is 14.2. The Kier molecular flexibility index (Phi) is 5.37. The zero-order chi connectivity index (χ0) is 21.3. The van der Waals surface area contributed by atoms with Crippen LogP contribution >= 0.6 is 0 Å². The minimum Gasteiger partial charge on any atom is -0.337 e. The summed E-state index contributed by atoms with van der Waals surface area (Å²) in [5, 5.41) is 2.38. The van der Waals surface area contributed by atoms with Crippen molar-refractivity contribution < 1.29 is 23.2 Å². The molecule has 2 atom stereocenters. The van der Waals surface area contributed by atoms with Crippen LogP contribution in [0.3, 0.4) is 0 Å². The van der Waals surface area contributed by atoms with Crippen molar-refractivity contribution in [3.05, 3.63) is 71.3 Å². The van der Waals surface area contributed by atoms with Crippen LogP contribution in [0.5, 0.6) is 0 Å². The molecule has 1 fully saturated rings. The summed E-state index contributed by atoms with van der Waals surface area (Å²) in [5.41, 5.74) is -1.20. The molecule has 29 heavy (non-hydrogen) atoms. The zero-order valence-corrected chi connectivity index (χ0v) is 16.3. The largest absolute Gasteiger partial charge is 0.337 e. The van der Waals surface area contributed by atoms with E-state index in [1.165, 1.54) is 11.8 Å². The van der Waals surface area contributed by atoms with Crippen LogP contribution in [0.25, 0.3) is 0 Å². The second-order valence-corrected chi connectivity index (χ2v) is 7.16. The predicted molar refractivity (Wildman–Crippen MR) is 102 cm³/mol. The van der Waals surface area contributed by atoms with Gasteiger partial charge in [-0.3, -0.25) is 14.5 Å². The topological polar surface area (TPSA) is 69.7 Å². The molecule has 8 heteroatoms. The van der Waals surface area contributed by atoms with E-state index in [0.717, 1.165) is 28.7 Å². The number of amides is 4. The fraction of sp³-hybridized carbons (Fsp3) is 0.286. The molecule has 6 nitrogen and oxygen atoms in total. The van der Waals surface area contributed by atoms with Gasteiger partial charge < -0.3 is 10.2 Å². The highest BCUT2D eigenvalue weighted by Crippen LogP contribution is 2.31. The first-order chi connectivity index (χ1) is 13.6. The van der Waals surface area contributed by atoms with Crippen molar-refractivity contribution in [2.45, 2.75) is 25.4 Å². The van der Waals surface area contributed by atoms with Gasteiger partial charge in [-0.25, -0.2) is 13.6 Å². The molecule has 152 valence electrons. The van der Waals surface area contributed by atoms with Crippen molar-refractivity contribution in [3.63, 3.8) is 0 Å². The average Bonchev–Trinajstić information content (AvgIpc) is 2.93. The van der Waals surface area contributed by atoms with E-state index in [1.54, 1.807) is 7.05 Å². The van der Waals surface area contributed by atoms with Gasteiger partial charge in [0.25, 0.3) is 5.91 Å². The maximum absolute atomic E-state index is 14.2. The van der Waals surface area contributed by atoms with Crippen LogP contribution in [0.4, 0.5) is 13.6 Å². The first kappa shape index (κ1) is 20.4. The van der Waals surface area contributed by atoms with Crippen LogP contribution in [0.1, 0.15) is 31.0 Å². The summed E-state index contributed by atoms with van der Waals surface area (Å²) in [4.78, 5) is 40.1. The van der Waals surface area contributed by atoms with E-state index in [1.807, 2.05) is 37.3 Å². The summed E-state index contributed by atoms with van der Waals surface area (Å²) in [7, 11) is 1.57. The van der Waals surface area contributed by atoms with Gasteiger partial charge in [-0.15, -0.1) is 0 Å². The minimum absolute atomic E-state index is 0.281. The van der Waals surface area contributed by atoms with Crippen molar-refractivity contribution in [2.24, 2.45) is 0 Å². The van der Waals surface area contributed by atoms with Crippen LogP contribution in [0, 0.1) is 11.6 Å². The molecule has 1 heterocycles. The standard InChI is InChI=1S/C21H21F2N3O3/c1-13(14-7-5-4-6-8-14)25(3)18(27)12-26-19(28)21(2,24-20(26)29)16-11-15(22)9-10-17(16)23/h4-11,13H,12H2,1-3H3,(H,24,29)/t13-,21-/m0/s1. The van der Waals surface area contributed by atoms with Crippen molar-refractivity contribution in [1.29, 1.82) is 0 Å². The molecule has 0 aromatic heterocycles. The fourth-order valence-corrected chi connectivity index (χ4v) is 3.32. The number of carbonyl (C=O) groups excluding carboxylic acids is 3. The zero-order valence-electron chi connectivity index (χ0n) is 16.3. The molecule has 1 aliphatic heterocycles. The van der Waals surface area contributed by atoms with Gasteiger partial charge in [-0.05, 0) is 37.6 Å². The highest BCUT2D eigenvalue weighted by atomic mass is 19.1. The van der Waals surface area contributed by atoms with E-state index in [-0.39, 0.29) is 11.6 Å². The van der Waals surface area contributed by atoms with Crippen LogP contribution in [0.2, 0.25) is 0 Å². The fourth-order valence-electron chi connectivity index (χ4n) is 3.32. The number of benzene rings is 2. The van der Waals surface area contributed by atoms with Crippen molar-refractivity contribution >= 4 is 17.8 Å². The number of urea groups is 1. The summed E-state index contributed by atoms with van der Waals surface area (Å²) in [6.07, 6.45) is 0. The SMILES string of the molecule is C[C@@H](c1ccccc1)N(C)C(=O)CN1C(=O)N[C@@](C)(c2cc(F)ccc2F)C1=O. The van der Waals surface area contributed by atoms with Crippen LogP contribution in [-0.2, 0) is 15.1 Å². The third-order valence-electron chi connectivity index (χ3n) is 5.29. The summed E-state index contributed by atoms with van der Waals surface area (Å²) in [6.45, 7) is 2.60. The molecule has 3 rings (SSSR count). The molecule has 0 bridgehead atoms. The lowest BCUT2D eigenvalue weighted by molar-refractivity contribution is -0.139. The Morgan fingerprint density at radius 3 is 2.48 bits per heavy atom. The molecule has 4 amide bonds. The second-order valence-electron chi connectivity index (χ2n) is 7.16. The van der Waals surface area contributed by atoms with Crippen LogP contribution < -0.4 is 5.32 Å². The molecular formula is C21H21F2N3O3. The number of likely N-dealkylation sites (N-methyl/N-ethyl adjacent to an activating group) is 1. The summed E-state index contributed by atoms with van der Waals surface area (Å²) in [6, 6.07) is 10.8. The Hall–Kier alpha value is -3.29. The normalized spacial score (nSPS) is 19.8. The summed E-state index contributed by atoms with van der Waals surface area (Å²) < 4.78 is 27.8. The van der Waals surface area contributed by atoms with Crippen molar-refractivity contribution in [3.8, 4) is 0 Å². The quantitative estimate of drug-likeness (QED) is 0.784. The number of nitrogens with zero attached hydrogens (tertiary/aromatic N) is 2. The van der Waals surface area contributed by atoms with E-state index in [0.29, 0.717) is 0 Å². The molecule has 2 aromatic rings. The van der Waals surface area contributed by atoms with Crippen LogP contribution in [0.15, 0.2) is 48.5 Å². The number of imide groups is 1. The van der Waals surface area contributed by atoms with Gasteiger partial charge in [-0.1, -0.05) is 30.3 Å². The van der Waals surface area contributed by atoms with Gasteiger partial charge >= 0.3 is 6.03 Å². The summed E-state index contributed by atoms with van der Waals surface area (Å²) in [5.74, 6) is -2.85. The van der Waals surface area contributed by atoms with E-state index >= 15 is 0 Å². The van der Waals surface area contributed by atoms with Crippen LogP contribution in [-0.4, -0.2) is 41.2 Å². The van der Waals surface area contributed by atoms with Gasteiger partial charge in [0.05, 0.1) is 6.04 Å². The molecule has 1 saturated heterocycles. The Labute approximate surface area is 167 Å². The van der Waals surface area contributed by atoms with E-state index in [2.05, 4.69) is 5.32 Å². The molecule has 0 spiro atoms. The number of nitrogens with one attached hydrogen (secondary N) is 1. The lowest BCUT2D eigenvalue weighted by Gasteiger charge is -2.27. The number of hydrogen-bond acceptors (Lipinski definition) is 3.